The normalized spacial score (nSPS) is 21.9. The maximum absolute atomic E-state index is 12.4. The maximum Gasteiger partial charge on any atom is 0.343 e. The third-order valence-electron chi connectivity index (χ3n) is 5.89. The molecule has 1 aliphatic rings. The fourth-order valence-corrected chi connectivity index (χ4v) is 4.48. The average molecular weight is 381 g/mol. The van der Waals surface area contributed by atoms with E-state index in [2.05, 4.69) is 26.0 Å². The van der Waals surface area contributed by atoms with E-state index in [1.807, 2.05) is 31.2 Å². The van der Waals surface area contributed by atoms with Crippen molar-refractivity contribution in [3.63, 3.8) is 0 Å². The highest BCUT2D eigenvalue weighted by atomic mass is 16.5. The van der Waals surface area contributed by atoms with Crippen LogP contribution in [0.1, 0.15) is 74.7 Å². The minimum Gasteiger partial charge on any atom is -0.494 e. The first-order chi connectivity index (χ1) is 13.6. The summed E-state index contributed by atoms with van der Waals surface area (Å²) < 4.78 is 10.9. The molecule has 2 aromatic rings. The zero-order valence-corrected chi connectivity index (χ0v) is 17.3. The van der Waals surface area contributed by atoms with Gasteiger partial charge in [0.15, 0.2) is 0 Å². The Bertz CT molecular complexity index is 748. The van der Waals surface area contributed by atoms with Gasteiger partial charge in [0.25, 0.3) is 0 Å². The number of hydrogen-bond acceptors (Lipinski definition) is 3. The lowest BCUT2D eigenvalue weighted by Gasteiger charge is -2.34. The molecule has 3 heteroatoms. The molecular weight excluding hydrogens is 348 g/mol. The largest absolute Gasteiger partial charge is 0.494 e. The molecule has 3 nitrogen and oxygen atoms in total. The topological polar surface area (TPSA) is 35.5 Å². The van der Waals surface area contributed by atoms with E-state index in [-0.39, 0.29) is 5.97 Å². The van der Waals surface area contributed by atoms with E-state index in [9.17, 15) is 4.79 Å². The number of carbonyl (C=O) groups is 1. The van der Waals surface area contributed by atoms with Crippen LogP contribution in [0.25, 0.3) is 0 Å². The first-order valence-electron chi connectivity index (χ1n) is 10.7. The molecular formula is C25H32O3. The lowest BCUT2D eigenvalue weighted by molar-refractivity contribution is 0.0734. The molecule has 0 aromatic heterocycles. The summed E-state index contributed by atoms with van der Waals surface area (Å²) in [6.45, 7) is 7.21. The average Bonchev–Trinajstić information content (AvgIpc) is 2.70. The van der Waals surface area contributed by atoms with Crippen LogP contribution in [-0.2, 0) is 0 Å². The molecule has 3 unspecified atom stereocenters. The lowest BCUT2D eigenvalue weighted by Crippen LogP contribution is -2.21. The Hall–Kier alpha value is -2.29. The predicted molar refractivity (Wildman–Crippen MR) is 113 cm³/mol. The first-order valence-corrected chi connectivity index (χ1v) is 10.7. The monoisotopic (exact) mass is 380 g/mol. The highest BCUT2D eigenvalue weighted by molar-refractivity contribution is 5.91. The van der Waals surface area contributed by atoms with Crippen LogP contribution >= 0.6 is 0 Å². The molecule has 2 aromatic carbocycles. The predicted octanol–water partition coefficient (Wildman–Crippen LogP) is 6.62. The van der Waals surface area contributed by atoms with E-state index in [1.54, 1.807) is 12.1 Å². The molecule has 0 aliphatic heterocycles. The highest BCUT2D eigenvalue weighted by Gasteiger charge is 2.28. The number of esters is 1. The van der Waals surface area contributed by atoms with Crippen molar-refractivity contribution in [2.75, 3.05) is 6.61 Å². The van der Waals surface area contributed by atoms with E-state index >= 15 is 0 Å². The van der Waals surface area contributed by atoms with Gasteiger partial charge < -0.3 is 9.47 Å². The zero-order chi connectivity index (χ0) is 19.9. The van der Waals surface area contributed by atoms with Gasteiger partial charge in [0.2, 0.25) is 0 Å². The van der Waals surface area contributed by atoms with Gasteiger partial charge in [-0.3, -0.25) is 0 Å². The van der Waals surface area contributed by atoms with Gasteiger partial charge in [-0.1, -0.05) is 38.8 Å². The molecule has 3 atom stereocenters. The van der Waals surface area contributed by atoms with Crippen LogP contribution in [0.5, 0.6) is 11.5 Å². The molecule has 0 radical (unpaired) electrons. The van der Waals surface area contributed by atoms with Gasteiger partial charge in [-0.2, -0.15) is 0 Å². The summed E-state index contributed by atoms with van der Waals surface area (Å²) >= 11 is 0. The van der Waals surface area contributed by atoms with Crippen LogP contribution in [0.4, 0.5) is 0 Å². The molecule has 0 N–H and O–H groups in total. The van der Waals surface area contributed by atoms with Crippen LogP contribution in [0.3, 0.4) is 0 Å². The van der Waals surface area contributed by atoms with E-state index in [1.165, 1.54) is 37.7 Å². The van der Waals surface area contributed by atoms with Crippen molar-refractivity contribution in [1.29, 1.82) is 0 Å². The van der Waals surface area contributed by atoms with Crippen LogP contribution < -0.4 is 9.47 Å². The van der Waals surface area contributed by atoms with E-state index in [0.717, 1.165) is 11.7 Å². The smallest absolute Gasteiger partial charge is 0.343 e. The van der Waals surface area contributed by atoms with Crippen LogP contribution in [-0.4, -0.2) is 12.6 Å². The number of ether oxygens (including phenoxy) is 2. The Morgan fingerprint density at radius 3 is 2.25 bits per heavy atom. The van der Waals surface area contributed by atoms with Crippen molar-refractivity contribution in [1.82, 2.24) is 0 Å². The summed E-state index contributed by atoms with van der Waals surface area (Å²) in [5.41, 5.74) is 1.94. The summed E-state index contributed by atoms with van der Waals surface area (Å²) in [4.78, 5) is 12.4. The van der Waals surface area contributed by atoms with Crippen LogP contribution in [0.15, 0.2) is 48.5 Å². The minimum atomic E-state index is -0.324. The van der Waals surface area contributed by atoms with E-state index < -0.39 is 0 Å². The number of carbonyl (C=O) groups excluding carboxylic acids is 1. The molecule has 0 bridgehead atoms. The lowest BCUT2D eigenvalue weighted by atomic mass is 9.71. The van der Waals surface area contributed by atoms with Gasteiger partial charge in [0.05, 0.1) is 12.2 Å². The van der Waals surface area contributed by atoms with Crippen LogP contribution in [0, 0.1) is 11.8 Å². The minimum absolute atomic E-state index is 0.324. The summed E-state index contributed by atoms with van der Waals surface area (Å²) in [6.07, 6.45) is 6.53. The Labute approximate surface area is 169 Å². The fourth-order valence-electron chi connectivity index (χ4n) is 4.48. The second kappa shape index (κ2) is 9.77. The molecule has 150 valence electrons. The Morgan fingerprint density at radius 1 is 0.964 bits per heavy atom. The van der Waals surface area contributed by atoms with Crippen molar-refractivity contribution in [3.05, 3.63) is 59.7 Å². The Balaban J connectivity index is 1.60. The number of rotatable bonds is 7. The second-order valence-corrected chi connectivity index (χ2v) is 7.97. The summed E-state index contributed by atoms with van der Waals surface area (Å²) in [5, 5.41) is 0. The fraction of sp³-hybridized carbons (Fsp3) is 0.480. The molecule has 3 rings (SSSR count). The first kappa shape index (κ1) is 20.4. The van der Waals surface area contributed by atoms with E-state index in [4.69, 9.17) is 9.47 Å². The molecule has 1 saturated carbocycles. The summed E-state index contributed by atoms with van der Waals surface area (Å²) in [6, 6.07) is 15.2. The zero-order valence-electron chi connectivity index (χ0n) is 17.3. The third kappa shape index (κ3) is 5.15. The SMILES string of the molecule is CCCC1CCC(c2ccc(C(=O)Oc3ccc(OCC)cc3)cc2)C(C)C1. The molecule has 28 heavy (non-hydrogen) atoms. The van der Waals surface area contributed by atoms with Crippen molar-refractivity contribution in [3.8, 4) is 11.5 Å². The van der Waals surface area contributed by atoms with Gasteiger partial charge in [-0.15, -0.1) is 0 Å². The van der Waals surface area contributed by atoms with Gasteiger partial charge in [0.1, 0.15) is 11.5 Å². The quantitative estimate of drug-likeness (QED) is 0.400. The Kier molecular flexibility index (Phi) is 7.13. The molecule has 1 fully saturated rings. The van der Waals surface area contributed by atoms with Crippen LogP contribution in [0.2, 0.25) is 0 Å². The molecule has 0 spiro atoms. The van der Waals surface area contributed by atoms with Gasteiger partial charge in [0, 0.05) is 0 Å². The summed E-state index contributed by atoms with van der Waals surface area (Å²) in [7, 11) is 0. The summed E-state index contributed by atoms with van der Waals surface area (Å²) in [5.74, 6) is 3.17. The standard InChI is InChI=1S/C25H32O3/c1-4-6-19-7-16-24(18(3)17-19)20-8-10-21(11-9-20)25(26)28-23-14-12-22(13-15-23)27-5-2/h8-15,18-19,24H,4-7,16-17H2,1-3H3. The molecule has 0 amide bonds. The van der Waals surface area contributed by atoms with Gasteiger partial charge in [-0.05, 0) is 85.9 Å². The third-order valence-corrected chi connectivity index (χ3v) is 5.89. The molecule has 1 aliphatic carbocycles. The number of hydrogen-bond donors (Lipinski definition) is 0. The van der Waals surface area contributed by atoms with Gasteiger partial charge >= 0.3 is 5.97 Å². The maximum atomic E-state index is 12.4. The van der Waals surface area contributed by atoms with Crippen molar-refractivity contribution >= 4 is 5.97 Å². The second-order valence-electron chi connectivity index (χ2n) is 7.97. The van der Waals surface area contributed by atoms with Crippen molar-refractivity contribution in [2.45, 2.75) is 58.8 Å². The van der Waals surface area contributed by atoms with Crippen molar-refractivity contribution in [2.24, 2.45) is 11.8 Å². The molecule has 0 heterocycles. The molecule has 0 saturated heterocycles. The highest BCUT2D eigenvalue weighted by Crippen LogP contribution is 2.41. The van der Waals surface area contributed by atoms with Gasteiger partial charge in [-0.25, -0.2) is 4.79 Å². The van der Waals surface area contributed by atoms with E-state index in [0.29, 0.717) is 29.8 Å². The van der Waals surface area contributed by atoms with Crippen molar-refractivity contribution < 1.29 is 14.3 Å². The number of benzene rings is 2. The Morgan fingerprint density at radius 2 is 1.64 bits per heavy atom.